The Balaban J connectivity index is 1.86. The number of ether oxygens (including phenoxy) is 3. The Labute approximate surface area is 164 Å². The fourth-order valence-corrected chi connectivity index (χ4v) is 3.16. The number of methoxy groups -OCH3 is 2. The molecule has 0 saturated carbocycles. The number of carbonyl (C=O) groups is 1. The summed E-state index contributed by atoms with van der Waals surface area (Å²) in [5.74, 6) is 0.859. The number of amides is 1. The molecule has 0 aliphatic heterocycles. The molecule has 144 valence electrons. The molecule has 1 N–H and O–H groups in total. The molecular formula is C19H16N2O6S. The predicted octanol–water partition coefficient (Wildman–Crippen LogP) is 4.72. The van der Waals surface area contributed by atoms with Crippen molar-refractivity contribution in [2.75, 3.05) is 19.5 Å². The highest BCUT2D eigenvalue weighted by Crippen LogP contribution is 2.36. The first-order chi connectivity index (χ1) is 13.5. The Kier molecular flexibility index (Phi) is 5.75. The third-order valence-electron chi connectivity index (χ3n) is 3.77. The topological polar surface area (TPSA) is 99.9 Å². The second-order valence-corrected chi connectivity index (χ2v) is 6.38. The number of para-hydroxylation sites is 2. The molecule has 0 spiro atoms. The molecule has 8 nitrogen and oxygen atoms in total. The van der Waals surface area contributed by atoms with Crippen LogP contribution in [-0.2, 0) is 0 Å². The first-order valence-corrected chi connectivity index (χ1v) is 8.93. The van der Waals surface area contributed by atoms with Gasteiger partial charge in [0, 0.05) is 12.1 Å². The summed E-state index contributed by atoms with van der Waals surface area (Å²) < 4.78 is 16.1. The number of nitro benzene ring substituents is 1. The summed E-state index contributed by atoms with van der Waals surface area (Å²) >= 11 is 1.15. The molecule has 0 radical (unpaired) electrons. The Bertz CT molecular complexity index is 1020. The molecule has 1 heterocycles. The van der Waals surface area contributed by atoms with E-state index in [-0.39, 0.29) is 22.1 Å². The number of nitro groups is 1. The zero-order valence-electron chi connectivity index (χ0n) is 15.0. The van der Waals surface area contributed by atoms with Crippen LogP contribution in [0.5, 0.6) is 23.0 Å². The number of anilines is 1. The van der Waals surface area contributed by atoms with E-state index in [2.05, 4.69) is 5.32 Å². The molecule has 3 rings (SSSR count). The molecule has 0 aliphatic rings. The number of rotatable bonds is 7. The average molecular weight is 400 g/mol. The fourth-order valence-electron chi connectivity index (χ4n) is 2.45. The van der Waals surface area contributed by atoms with E-state index in [1.54, 1.807) is 41.8 Å². The Morgan fingerprint density at radius 1 is 1.04 bits per heavy atom. The lowest BCUT2D eigenvalue weighted by Crippen LogP contribution is -2.12. The van der Waals surface area contributed by atoms with E-state index in [1.807, 2.05) is 0 Å². The SMILES string of the molecule is COc1ccc(OC)c(NC(=O)c2sccc2Oc2ccccc2[N+](=O)[O-])c1. The van der Waals surface area contributed by atoms with Gasteiger partial charge in [-0.05, 0) is 29.6 Å². The number of hydrogen-bond donors (Lipinski definition) is 1. The van der Waals surface area contributed by atoms with Crippen LogP contribution in [0, 0.1) is 10.1 Å². The lowest BCUT2D eigenvalue weighted by molar-refractivity contribution is -0.385. The second kappa shape index (κ2) is 8.40. The van der Waals surface area contributed by atoms with Gasteiger partial charge >= 0.3 is 5.69 Å². The van der Waals surface area contributed by atoms with Crippen molar-refractivity contribution in [1.29, 1.82) is 0 Å². The predicted molar refractivity (Wildman–Crippen MR) is 105 cm³/mol. The second-order valence-electron chi connectivity index (χ2n) is 5.46. The fraction of sp³-hybridized carbons (Fsp3) is 0.105. The maximum absolute atomic E-state index is 12.8. The molecule has 0 atom stereocenters. The van der Waals surface area contributed by atoms with Crippen molar-refractivity contribution in [1.82, 2.24) is 0 Å². The molecule has 1 aromatic heterocycles. The minimum Gasteiger partial charge on any atom is -0.497 e. The van der Waals surface area contributed by atoms with Crippen LogP contribution in [0.1, 0.15) is 9.67 Å². The summed E-state index contributed by atoms with van der Waals surface area (Å²) in [5, 5.41) is 15.6. The third kappa shape index (κ3) is 4.04. The van der Waals surface area contributed by atoms with Gasteiger partial charge in [0.05, 0.1) is 24.8 Å². The van der Waals surface area contributed by atoms with Gasteiger partial charge in [0.15, 0.2) is 5.75 Å². The first kappa shape index (κ1) is 19.2. The Morgan fingerprint density at radius 3 is 2.54 bits per heavy atom. The summed E-state index contributed by atoms with van der Waals surface area (Å²) in [6.45, 7) is 0. The standard InChI is InChI=1S/C19H16N2O6S/c1-25-12-7-8-15(26-2)13(11-12)20-19(22)18-17(9-10-28-18)27-16-6-4-3-5-14(16)21(23)24/h3-11H,1-2H3,(H,20,22). The first-order valence-electron chi connectivity index (χ1n) is 8.05. The minimum absolute atomic E-state index is 0.0545. The van der Waals surface area contributed by atoms with Crippen molar-refractivity contribution >= 4 is 28.6 Å². The van der Waals surface area contributed by atoms with Crippen LogP contribution in [-0.4, -0.2) is 25.1 Å². The van der Waals surface area contributed by atoms with Crippen LogP contribution >= 0.6 is 11.3 Å². The number of benzene rings is 2. The summed E-state index contributed by atoms with van der Waals surface area (Å²) in [7, 11) is 3.01. The van der Waals surface area contributed by atoms with Crippen molar-refractivity contribution in [2.45, 2.75) is 0 Å². The maximum atomic E-state index is 12.8. The molecule has 0 bridgehead atoms. The van der Waals surface area contributed by atoms with Gasteiger partial charge in [0.25, 0.3) is 5.91 Å². The van der Waals surface area contributed by atoms with E-state index in [4.69, 9.17) is 14.2 Å². The van der Waals surface area contributed by atoms with Gasteiger partial charge in [-0.3, -0.25) is 14.9 Å². The van der Waals surface area contributed by atoms with Crippen molar-refractivity contribution in [2.24, 2.45) is 0 Å². The molecule has 28 heavy (non-hydrogen) atoms. The van der Waals surface area contributed by atoms with Gasteiger partial charge in [-0.2, -0.15) is 0 Å². The molecule has 1 amide bonds. The monoisotopic (exact) mass is 400 g/mol. The highest BCUT2D eigenvalue weighted by molar-refractivity contribution is 7.12. The molecule has 3 aromatic rings. The van der Waals surface area contributed by atoms with E-state index in [1.165, 1.54) is 26.4 Å². The van der Waals surface area contributed by atoms with Crippen LogP contribution in [0.2, 0.25) is 0 Å². The smallest absolute Gasteiger partial charge is 0.311 e. The molecule has 0 saturated heterocycles. The quantitative estimate of drug-likeness (QED) is 0.455. The molecule has 2 aromatic carbocycles. The lowest BCUT2D eigenvalue weighted by atomic mass is 10.2. The van der Waals surface area contributed by atoms with Gasteiger partial charge in [-0.15, -0.1) is 11.3 Å². The number of nitrogens with zero attached hydrogens (tertiary/aromatic N) is 1. The highest BCUT2D eigenvalue weighted by Gasteiger charge is 2.21. The van der Waals surface area contributed by atoms with E-state index < -0.39 is 10.8 Å². The molecule has 0 unspecified atom stereocenters. The number of thiophene rings is 1. The van der Waals surface area contributed by atoms with E-state index in [9.17, 15) is 14.9 Å². The van der Waals surface area contributed by atoms with Crippen LogP contribution < -0.4 is 19.5 Å². The highest BCUT2D eigenvalue weighted by atomic mass is 32.1. The molecule has 9 heteroatoms. The normalized spacial score (nSPS) is 10.2. The summed E-state index contributed by atoms with van der Waals surface area (Å²) in [4.78, 5) is 23.7. The van der Waals surface area contributed by atoms with Crippen LogP contribution in [0.25, 0.3) is 0 Å². The van der Waals surface area contributed by atoms with Crippen LogP contribution in [0.3, 0.4) is 0 Å². The van der Waals surface area contributed by atoms with Crippen LogP contribution in [0.15, 0.2) is 53.9 Å². The van der Waals surface area contributed by atoms with Crippen molar-refractivity contribution in [3.8, 4) is 23.0 Å². The number of hydrogen-bond acceptors (Lipinski definition) is 7. The Hall–Kier alpha value is -3.59. The van der Waals surface area contributed by atoms with Crippen molar-refractivity contribution < 1.29 is 23.9 Å². The maximum Gasteiger partial charge on any atom is 0.311 e. The molecule has 0 fully saturated rings. The Morgan fingerprint density at radius 2 is 1.82 bits per heavy atom. The van der Waals surface area contributed by atoms with Gasteiger partial charge in [0.1, 0.15) is 16.4 Å². The van der Waals surface area contributed by atoms with E-state index in [0.717, 1.165) is 11.3 Å². The number of carbonyl (C=O) groups excluding carboxylic acids is 1. The zero-order valence-corrected chi connectivity index (χ0v) is 15.8. The van der Waals surface area contributed by atoms with Gasteiger partial charge < -0.3 is 19.5 Å². The van der Waals surface area contributed by atoms with E-state index >= 15 is 0 Å². The largest absolute Gasteiger partial charge is 0.497 e. The number of nitrogens with one attached hydrogen (secondary N) is 1. The zero-order chi connectivity index (χ0) is 20.1. The average Bonchev–Trinajstić information content (AvgIpc) is 3.16. The molecular weight excluding hydrogens is 384 g/mol. The van der Waals surface area contributed by atoms with Gasteiger partial charge in [-0.1, -0.05) is 12.1 Å². The molecule has 0 aliphatic carbocycles. The minimum atomic E-state index is -0.539. The van der Waals surface area contributed by atoms with Gasteiger partial charge in [0.2, 0.25) is 5.75 Å². The van der Waals surface area contributed by atoms with Crippen molar-refractivity contribution in [3.05, 3.63) is 68.9 Å². The summed E-state index contributed by atoms with van der Waals surface area (Å²) in [5.41, 5.74) is 0.242. The van der Waals surface area contributed by atoms with E-state index in [0.29, 0.717) is 17.2 Å². The summed E-state index contributed by atoms with van der Waals surface area (Å²) in [6.07, 6.45) is 0. The summed E-state index contributed by atoms with van der Waals surface area (Å²) in [6, 6.07) is 12.6. The lowest BCUT2D eigenvalue weighted by Gasteiger charge is -2.12. The van der Waals surface area contributed by atoms with Crippen LogP contribution in [0.4, 0.5) is 11.4 Å². The van der Waals surface area contributed by atoms with Crippen molar-refractivity contribution in [3.63, 3.8) is 0 Å². The third-order valence-corrected chi connectivity index (χ3v) is 4.67. The van der Waals surface area contributed by atoms with Gasteiger partial charge in [-0.25, -0.2) is 0 Å².